The van der Waals surface area contributed by atoms with Crippen molar-refractivity contribution in [2.24, 2.45) is 0 Å². The Hall–Kier alpha value is -1.69. The second kappa shape index (κ2) is 6.30. The molecule has 0 spiro atoms. The van der Waals surface area contributed by atoms with Crippen LogP contribution in [-0.4, -0.2) is 40.0 Å². The van der Waals surface area contributed by atoms with Crippen molar-refractivity contribution in [3.8, 4) is 0 Å². The van der Waals surface area contributed by atoms with E-state index < -0.39 is 12.0 Å². The molecule has 6 heteroatoms. The predicted octanol–water partition coefficient (Wildman–Crippen LogP) is 1.79. The zero-order chi connectivity index (χ0) is 13.7. The summed E-state index contributed by atoms with van der Waals surface area (Å²) in [5.41, 5.74) is 0.711. The fourth-order valence-electron chi connectivity index (χ4n) is 1.50. The first-order chi connectivity index (χ1) is 8.45. The molecule has 0 saturated carbocycles. The highest BCUT2D eigenvalue weighted by molar-refractivity contribution is 7.09. The van der Waals surface area contributed by atoms with Gasteiger partial charge >= 0.3 is 5.97 Å². The summed E-state index contributed by atoms with van der Waals surface area (Å²) in [5, 5.41) is 11.7. The number of thiazole rings is 1. The van der Waals surface area contributed by atoms with Crippen LogP contribution in [0.2, 0.25) is 0 Å². The average Bonchev–Trinajstić information content (AvgIpc) is 2.72. The third-order valence-electron chi connectivity index (χ3n) is 2.52. The molecule has 5 nitrogen and oxygen atoms in total. The fraction of sp³-hybridized carbons (Fsp3) is 0.417. The summed E-state index contributed by atoms with van der Waals surface area (Å²) in [6, 6.07) is -0.792. The molecule has 0 saturated heterocycles. The van der Waals surface area contributed by atoms with E-state index in [1.54, 1.807) is 13.0 Å². The zero-order valence-electron chi connectivity index (χ0n) is 10.6. The summed E-state index contributed by atoms with van der Waals surface area (Å²) < 4.78 is 0. The number of hydrogen-bond acceptors (Lipinski definition) is 4. The van der Waals surface area contributed by atoms with Crippen LogP contribution >= 0.6 is 11.3 Å². The van der Waals surface area contributed by atoms with Gasteiger partial charge in [0, 0.05) is 18.5 Å². The smallest absolute Gasteiger partial charge is 0.326 e. The summed E-state index contributed by atoms with van der Waals surface area (Å²) in [7, 11) is 1.49. The SMILES string of the molecule is CCC(C(=O)O)N(C)C(=O)C=Cc1csc(C)n1. The molecule has 1 rings (SSSR count). The van der Waals surface area contributed by atoms with E-state index in [0.717, 1.165) is 5.01 Å². The third kappa shape index (κ3) is 3.66. The number of nitrogens with zero attached hydrogens (tertiary/aromatic N) is 2. The lowest BCUT2D eigenvalue weighted by Crippen LogP contribution is -2.41. The summed E-state index contributed by atoms with van der Waals surface area (Å²) >= 11 is 1.50. The van der Waals surface area contributed by atoms with E-state index >= 15 is 0 Å². The maximum atomic E-state index is 11.8. The van der Waals surface area contributed by atoms with Gasteiger partial charge in [-0.25, -0.2) is 9.78 Å². The number of aryl methyl sites for hydroxylation is 1. The van der Waals surface area contributed by atoms with Crippen molar-refractivity contribution in [3.05, 3.63) is 22.2 Å². The first kappa shape index (κ1) is 14.4. The molecule has 0 aliphatic heterocycles. The number of carboxylic acid groups (broad SMARTS) is 1. The number of carboxylic acids is 1. The maximum absolute atomic E-state index is 11.8. The van der Waals surface area contributed by atoms with Crippen molar-refractivity contribution >= 4 is 29.3 Å². The third-order valence-corrected chi connectivity index (χ3v) is 3.31. The largest absolute Gasteiger partial charge is 0.480 e. The molecule has 0 aliphatic rings. The number of hydrogen-bond donors (Lipinski definition) is 1. The summed E-state index contributed by atoms with van der Waals surface area (Å²) in [6.45, 7) is 3.61. The lowest BCUT2D eigenvalue weighted by atomic mass is 10.2. The molecule has 1 amide bonds. The highest BCUT2D eigenvalue weighted by Gasteiger charge is 2.22. The van der Waals surface area contributed by atoms with Crippen molar-refractivity contribution in [2.45, 2.75) is 26.3 Å². The maximum Gasteiger partial charge on any atom is 0.326 e. The molecule has 1 unspecified atom stereocenters. The van der Waals surface area contributed by atoms with E-state index in [-0.39, 0.29) is 5.91 Å². The zero-order valence-corrected chi connectivity index (χ0v) is 11.4. The molecule has 0 aromatic carbocycles. The van der Waals surface area contributed by atoms with Crippen molar-refractivity contribution in [1.82, 2.24) is 9.88 Å². The Morgan fingerprint density at radius 2 is 2.28 bits per heavy atom. The van der Waals surface area contributed by atoms with Crippen LogP contribution in [0.1, 0.15) is 24.0 Å². The van der Waals surface area contributed by atoms with Crippen molar-refractivity contribution in [2.75, 3.05) is 7.05 Å². The number of rotatable bonds is 5. The Bertz CT molecular complexity index is 468. The molecule has 18 heavy (non-hydrogen) atoms. The molecule has 1 N–H and O–H groups in total. The molecule has 1 atom stereocenters. The molecule has 0 radical (unpaired) electrons. The Morgan fingerprint density at radius 1 is 1.61 bits per heavy atom. The van der Waals surface area contributed by atoms with E-state index in [9.17, 15) is 9.59 Å². The highest BCUT2D eigenvalue weighted by atomic mass is 32.1. The molecule has 1 aromatic rings. The standard InChI is InChI=1S/C12H16N2O3S/c1-4-10(12(16)17)14(3)11(15)6-5-9-7-18-8(2)13-9/h5-7,10H,4H2,1-3H3,(H,16,17). The Morgan fingerprint density at radius 3 is 2.72 bits per heavy atom. The van der Waals surface area contributed by atoms with Gasteiger partial charge < -0.3 is 10.0 Å². The molecule has 0 bridgehead atoms. The van der Waals surface area contributed by atoms with Crippen LogP contribution in [0, 0.1) is 6.92 Å². The molecular weight excluding hydrogens is 252 g/mol. The van der Waals surface area contributed by atoms with E-state index in [2.05, 4.69) is 4.98 Å². The van der Waals surface area contributed by atoms with Crippen LogP contribution < -0.4 is 0 Å². The van der Waals surface area contributed by atoms with Crippen LogP contribution in [0.4, 0.5) is 0 Å². The number of aromatic nitrogens is 1. The first-order valence-electron chi connectivity index (χ1n) is 5.55. The van der Waals surface area contributed by atoms with Gasteiger partial charge in [-0.15, -0.1) is 11.3 Å². The second-order valence-electron chi connectivity index (χ2n) is 3.84. The summed E-state index contributed by atoms with van der Waals surface area (Å²) in [6.07, 6.45) is 3.32. The van der Waals surface area contributed by atoms with Gasteiger partial charge in [-0.3, -0.25) is 4.79 Å². The minimum atomic E-state index is -0.994. The van der Waals surface area contributed by atoms with Crippen molar-refractivity contribution in [3.63, 3.8) is 0 Å². The summed E-state index contributed by atoms with van der Waals surface area (Å²) in [4.78, 5) is 28.1. The van der Waals surface area contributed by atoms with Crippen LogP contribution in [0.3, 0.4) is 0 Å². The van der Waals surface area contributed by atoms with Gasteiger partial charge in [-0.05, 0) is 19.4 Å². The topological polar surface area (TPSA) is 70.5 Å². The van der Waals surface area contributed by atoms with Crippen molar-refractivity contribution in [1.29, 1.82) is 0 Å². The molecular formula is C12H16N2O3S. The molecule has 0 aliphatic carbocycles. The Balaban J connectivity index is 2.70. The fourth-order valence-corrected chi connectivity index (χ4v) is 2.08. The first-order valence-corrected chi connectivity index (χ1v) is 6.43. The van der Waals surface area contributed by atoms with E-state index in [0.29, 0.717) is 12.1 Å². The van der Waals surface area contributed by atoms with Crippen LogP contribution in [0.15, 0.2) is 11.5 Å². The highest BCUT2D eigenvalue weighted by Crippen LogP contribution is 2.10. The lowest BCUT2D eigenvalue weighted by molar-refractivity contribution is -0.147. The normalized spacial score (nSPS) is 12.6. The minimum absolute atomic E-state index is 0.338. The lowest BCUT2D eigenvalue weighted by Gasteiger charge is -2.22. The van der Waals surface area contributed by atoms with E-state index in [1.807, 2.05) is 12.3 Å². The van der Waals surface area contributed by atoms with Gasteiger partial charge in [0.25, 0.3) is 0 Å². The average molecular weight is 268 g/mol. The summed E-state index contributed by atoms with van der Waals surface area (Å²) in [5.74, 6) is -1.33. The second-order valence-corrected chi connectivity index (χ2v) is 4.90. The van der Waals surface area contributed by atoms with Gasteiger partial charge in [-0.1, -0.05) is 6.92 Å². The predicted molar refractivity (Wildman–Crippen MR) is 70.4 cm³/mol. The van der Waals surface area contributed by atoms with Gasteiger partial charge in [0.1, 0.15) is 6.04 Å². The van der Waals surface area contributed by atoms with Crippen LogP contribution in [0.25, 0.3) is 6.08 Å². The van der Waals surface area contributed by atoms with Crippen molar-refractivity contribution < 1.29 is 14.7 Å². The molecule has 1 heterocycles. The van der Waals surface area contributed by atoms with Gasteiger partial charge in [0.05, 0.1) is 10.7 Å². The molecule has 1 aromatic heterocycles. The number of amides is 1. The Kier molecular flexibility index (Phi) is 5.03. The molecule has 98 valence electrons. The monoisotopic (exact) mass is 268 g/mol. The van der Waals surface area contributed by atoms with Gasteiger partial charge in [0.15, 0.2) is 0 Å². The van der Waals surface area contributed by atoms with Crippen LogP contribution in [-0.2, 0) is 9.59 Å². The Labute approximate surface area is 110 Å². The van der Waals surface area contributed by atoms with Gasteiger partial charge in [0.2, 0.25) is 5.91 Å². The van der Waals surface area contributed by atoms with E-state index in [1.165, 1.54) is 29.4 Å². The number of carbonyl (C=O) groups excluding carboxylic acids is 1. The minimum Gasteiger partial charge on any atom is -0.480 e. The molecule has 0 fully saturated rings. The number of likely N-dealkylation sites (N-methyl/N-ethyl adjacent to an activating group) is 1. The van der Waals surface area contributed by atoms with Gasteiger partial charge in [-0.2, -0.15) is 0 Å². The number of aliphatic carboxylic acids is 1. The van der Waals surface area contributed by atoms with E-state index in [4.69, 9.17) is 5.11 Å². The number of carbonyl (C=O) groups is 2. The van der Waals surface area contributed by atoms with Crippen LogP contribution in [0.5, 0.6) is 0 Å². The quantitative estimate of drug-likeness (QED) is 0.826.